The summed E-state index contributed by atoms with van der Waals surface area (Å²) < 4.78 is 21.9. The molecule has 210 valence electrons. The van der Waals surface area contributed by atoms with Crippen molar-refractivity contribution in [3.63, 3.8) is 0 Å². The minimum atomic E-state index is -2.01. The van der Waals surface area contributed by atoms with Crippen molar-refractivity contribution in [1.29, 1.82) is 0 Å². The largest absolute Gasteiger partial charge is 0.394 e. The Bertz CT molecular complexity index is 715. The van der Waals surface area contributed by atoms with E-state index in [4.69, 9.17) is 18.9 Å². The summed E-state index contributed by atoms with van der Waals surface area (Å²) >= 11 is 0. The monoisotopic (exact) mass is 529 g/mol. The predicted molar refractivity (Wildman–Crippen MR) is 113 cm³/mol. The van der Waals surface area contributed by atoms with Crippen molar-refractivity contribution in [1.82, 2.24) is 5.32 Å². The van der Waals surface area contributed by atoms with E-state index in [-0.39, 0.29) is 6.29 Å². The molecule has 16 nitrogen and oxygen atoms in total. The summed E-state index contributed by atoms with van der Waals surface area (Å²) in [5, 5.41) is 92.5. The first-order valence-corrected chi connectivity index (χ1v) is 11.2. The van der Waals surface area contributed by atoms with Crippen LogP contribution in [0.25, 0.3) is 0 Å². The molecular formula is C20H35NO15. The van der Waals surface area contributed by atoms with E-state index in [2.05, 4.69) is 5.32 Å². The van der Waals surface area contributed by atoms with E-state index in [1.807, 2.05) is 0 Å². The van der Waals surface area contributed by atoms with Crippen molar-refractivity contribution in [3.05, 3.63) is 0 Å². The van der Waals surface area contributed by atoms with E-state index < -0.39 is 105 Å². The molecule has 2 saturated heterocycles. The highest BCUT2D eigenvalue weighted by molar-refractivity contribution is 5.77. The third-order valence-electron chi connectivity index (χ3n) is 6.00. The molecule has 2 aliphatic rings. The fraction of sp³-hybridized carbons (Fsp3) is 0.900. The van der Waals surface area contributed by atoms with Gasteiger partial charge in [-0.2, -0.15) is 0 Å². The maximum Gasteiger partial charge on any atom is 0.217 e. The second kappa shape index (κ2) is 13.4. The summed E-state index contributed by atoms with van der Waals surface area (Å²) in [6.07, 6.45) is -22.1. The molecular weight excluding hydrogens is 494 g/mol. The molecule has 16 heteroatoms. The van der Waals surface area contributed by atoms with Gasteiger partial charge in [-0.25, -0.2) is 0 Å². The Kier molecular flexibility index (Phi) is 11.5. The van der Waals surface area contributed by atoms with Crippen LogP contribution in [0.2, 0.25) is 0 Å². The summed E-state index contributed by atoms with van der Waals surface area (Å²) in [5.41, 5.74) is 0. The van der Waals surface area contributed by atoms with Gasteiger partial charge in [-0.05, 0) is 6.92 Å². The van der Waals surface area contributed by atoms with Gasteiger partial charge in [0.1, 0.15) is 73.4 Å². The Labute approximate surface area is 205 Å². The highest BCUT2D eigenvalue weighted by Gasteiger charge is 2.52. The van der Waals surface area contributed by atoms with Crippen molar-refractivity contribution < 1.29 is 74.5 Å². The van der Waals surface area contributed by atoms with Gasteiger partial charge in [0.25, 0.3) is 0 Å². The van der Waals surface area contributed by atoms with Gasteiger partial charge in [0.2, 0.25) is 5.91 Å². The number of carbonyl (C=O) groups is 2. The Morgan fingerprint density at radius 1 is 0.972 bits per heavy atom. The van der Waals surface area contributed by atoms with Crippen LogP contribution in [-0.2, 0) is 28.5 Å². The zero-order chi connectivity index (χ0) is 27.3. The first-order chi connectivity index (χ1) is 16.9. The first kappa shape index (κ1) is 30.8. The van der Waals surface area contributed by atoms with Crippen LogP contribution in [0.4, 0.5) is 0 Å². The van der Waals surface area contributed by atoms with E-state index >= 15 is 0 Å². The zero-order valence-electron chi connectivity index (χ0n) is 19.5. The van der Waals surface area contributed by atoms with Gasteiger partial charge in [0.15, 0.2) is 12.6 Å². The number of ether oxygens (including phenoxy) is 4. The first-order valence-electron chi connectivity index (χ1n) is 11.2. The maximum atomic E-state index is 11.7. The molecule has 2 fully saturated rings. The number of hydrogen-bond acceptors (Lipinski definition) is 15. The fourth-order valence-electron chi connectivity index (χ4n) is 3.88. The Balaban J connectivity index is 2.39. The van der Waals surface area contributed by atoms with E-state index in [1.54, 1.807) is 0 Å². The molecule has 0 radical (unpaired) electrons. The summed E-state index contributed by atoms with van der Waals surface area (Å²) in [5.74, 6) is -0.729. The fourth-order valence-corrected chi connectivity index (χ4v) is 3.88. The average molecular weight is 529 g/mol. The number of nitrogens with one attached hydrogen (secondary N) is 1. The van der Waals surface area contributed by atoms with E-state index in [0.717, 1.165) is 6.92 Å². The summed E-state index contributed by atoms with van der Waals surface area (Å²) in [6.45, 7) is 0.610. The van der Waals surface area contributed by atoms with Crippen LogP contribution in [0.5, 0.6) is 0 Å². The Morgan fingerprint density at radius 3 is 2.14 bits per heavy atom. The van der Waals surface area contributed by atoms with Crippen LogP contribution in [0, 0.1) is 0 Å². The molecule has 0 aliphatic carbocycles. The van der Waals surface area contributed by atoms with E-state index in [0.29, 0.717) is 0 Å². The third kappa shape index (κ3) is 6.93. The quantitative estimate of drug-likeness (QED) is 0.111. The third-order valence-corrected chi connectivity index (χ3v) is 6.00. The molecule has 0 saturated carbocycles. The number of carbonyl (C=O) groups excluding carboxylic acids is 2. The lowest BCUT2D eigenvalue weighted by Crippen LogP contribution is -2.65. The molecule has 0 bridgehead atoms. The molecule has 2 aliphatic heterocycles. The molecule has 0 aromatic heterocycles. The van der Waals surface area contributed by atoms with Crippen LogP contribution >= 0.6 is 0 Å². The Morgan fingerprint density at radius 2 is 1.61 bits per heavy atom. The van der Waals surface area contributed by atoms with E-state index in [1.165, 1.54) is 6.92 Å². The van der Waals surface area contributed by atoms with Crippen LogP contribution < -0.4 is 5.32 Å². The van der Waals surface area contributed by atoms with Gasteiger partial charge < -0.3 is 75.0 Å². The number of aliphatic hydroxyl groups excluding tert-OH is 9. The molecule has 1 amide bonds. The second-order valence-corrected chi connectivity index (χ2v) is 8.69. The molecule has 0 aromatic carbocycles. The van der Waals surface area contributed by atoms with Crippen molar-refractivity contribution in [2.24, 2.45) is 0 Å². The van der Waals surface area contributed by atoms with Crippen LogP contribution in [0.15, 0.2) is 0 Å². The van der Waals surface area contributed by atoms with Crippen molar-refractivity contribution >= 4 is 12.2 Å². The standard InChI is InChI=1S/C20H35NO15/c1-6-11(27)14(30)16(32)19(33-6)36-18-15(31)13(29)10(5-24)34-20(18)35-17(12(28)9(26)4-23)8(3-22)21-7(2)25/h3,6,8-20,23-24,26-32H,4-5H2,1-2H3,(H,21,25)/t6-,8-,9+,10+,11+,12-,13-,14+,15-,16-,17+,18+,19-,20-/m0/s1. The smallest absolute Gasteiger partial charge is 0.217 e. The number of aliphatic hydroxyl groups is 9. The molecule has 10 N–H and O–H groups in total. The minimum Gasteiger partial charge on any atom is -0.394 e. The van der Waals surface area contributed by atoms with Gasteiger partial charge in [0.05, 0.1) is 19.3 Å². The minimum absolute atomic E-state index is 0.167. The average Bonchev–Trinajstić information content (AvgIpc) is 2.85. The highest BCUT2D eigenvalue weighted by Crippen LogP contribution is 2.31. The Hall–Kier alpha value is -1.38. The lowest BCUT2D eigenvalue weighted by Gasteiger charge is -2.47. The van der Waals surface area contributed by atoms with Crippen LogP contribution in [0.3, 0.4) is 0 Å². The lowest BCUT2D eigenvalue weighted by atomic mass is 9.97. The van der Waals surface area contributed by atoms with Gasteiger partial charge in [0, 0.05) is 6.92 Å². The molecule has 0 aromatic rings. The molecule has 36 heavy (non-hydrogen) atoms. The normalized spacial score (nSPS) is 40.6. The van der Waals surface area contributed by atoms with E-state index in [9.17, 15) is 55.5 Å². The van der Waals surface area contributed by atoms with Gasteiger partial charge in [-0.3, -0.25) is 4.79 Å². The van der Waals surface area contributed by atoms with Gasteiger partial charge >= 0.3 is 0 Å². The summed E-state index contributed by atoms with van der Waals surface area (Å²) in [6, 6.07) is -1.62. The lowest BCUT2D eigenvalue weighted by molar-refractivity contribution is -0.372. The molecule has 0 unspecified atom stereocenters. The zero-order valence-corrected chi connectivity index (χ0v) is 19.5. The molecule has 0 spiro atoms. The van der Waals surface area contributed by atoms with Gasteiger partial charge in [-0.1, -0.05) is 0 Å². The number of aldehydes is 1. The molecule has 14 atom stereocenters. The molecule has 2 rings (SSSR count). The highest BCUT2D eigenvalue weighted by atomic mass is 16.8. The van der Waals surface area contributed by atoms with Gasteiger partial charge in [-0.15, -0.1) is 0 Å². The number of amides is 1. The second-order valence-electron chi connectivity index (χ2n) is 8.69. The van der Waals surface area contributed by atoms with Crippen molar-refractivity contribution in [2.45, 2.75) is 99.6 Å². The maximum absolute atomic E-state index is 11.7. The molecule has 2 heterocycles. The van der Waals surface area contributed by atoms with Crippen molar-refractivity contribution in [3.8, 4) is 0 Å². The topological polar surface area (TPSA) is 265 Å². The van der Waals surface area contributed by atoms with Crippen molar-refractivity contribution in [2.75, 3.05) is 13.2 Å². The summed E-state index contributed by atoms with van der Waals surface area (Å²) in [7, 11) is 0. The number of hydrogen-bond donors (Lipinski definition) is 10. The predicted octanol–water partition coefficient (Wildman–Crippen LogP) is -6.56. The van der Waals surface area contributed by atoms with Crippen LogP contribution in [-0.4, -0.2) is 157 Å². The SMILES string of the molecule is CC(=O)N[C@@H](C=O)[C@@H](O[C@@H]1O[C@H](CO)[C@H](O)[C@H](O)[C@H]1O[C@@H]1O[C@@H](C)[C@@H](O)[C@@H](O)[C@@H]1O)[C@@H](O)[C@H](O)CO. The van der Waals surface area contributed by atoms with Crippen LogP contribution in [0.1, 0.15) is 13.8 Å². The number of rotatable bonds is 11. The summed E-state index contributed by atoms with van der Waals surface area (Å²) in [4.78, 5) is 23.2.